The first-order chi connectivity index (χ1) is 6.10. The van der Waals surface area contributed by atoms with Gasteiger partial charge in [-0.3, -0.25) is 4.79 Å². The molecule has 0 saturated heterocycles. The van der Waals surface area contributed by atoms with Crippen molar-refractivity contribution in [2.24, 2.45) is 0 Å². The van der Waals surface area contributed by atoms with Crippen LogP contribution in [-0.2, 0) is 10.2 Å². The van der Waals surface area contributed by atoms with Crippen LogP contribution in [0, 0.1) is 11.3 Å². The fraction of sp³-hybridized carbons (Fsp3) is 0.273. The van der Waals surface area contributed by atoms with Crippen molar-refractivity contribution in [2.75, 3.05) is 0 Å². The normalized spacial score (nSPS) is 10.5. The summed E-state index contributed by atoms with van der Waals surface area (Å²) in [4.78, 5) is 10.4. The highest BCUT2D eigenvalue weighted by molar-refractivity contribution is 5.75. The fourth-order valence-corrected chi connectivity index (χ4v) is 1.04. The Balaban J connectivity index is 3.17. The second-order valence-corrected chi connectivity index (χ2v) is 3.42. The highest BCUT2D eigenvalue weighted by atomic mass is 16.1. The molecule has 0 heterocycles. The van der Waals surface area contributed by atoms with Crippen LogP contribution in [0.15, 0.2) is 24.3 Å². The molecule has 0 spiro atoms. The zero-order valence-electron chi connectivity index (χ0n) is 7.66. The zero-order valence-corrected chi connectivity index (χ0v) is 7.66. The van der Waals surface area contributed by atoms with Crippen molar-refractivity contribution in [3.05, 3.63) is 35.4 Å². The average molecular weight is 172 g/mol. The lowest BCUT2D eigenvalue weighted by molar-refractivity contribution is 0.562. The fourth-order valence-electron chi connectivity index (χ4n) is 1.04. The van der Waals surface area contributed by atoms with Crippen LogP contribution >= 0.6 is 0 Å². The number of carbonyl (C=O) groups excluding carboxylic acids is 1. The Labute approximate surface area is 77.8 Å². The lowest BCUT2D eigenvalue weighted by Crippen LogP contribution is -2.13. The van der Waals surface area contributed by atoms with Gasteiger partial charge in [0.15, 0.2) is 0 Å². The zero-order chi connectivity index (χ0) is 9.90. The molecule has 0 bridgehead atoms. The lowest BCUT2D eigenvalue weighted by Gasteiger charge is -2.15. The molecule has 1 radical (unpaired) electrons. The van der Waals surface area contributed by atoms with Crippen molar-refractivity contribution in [1.29, 1.82) is 5.26 Å². The molecule has 2 nitrogen and oxygen atoms in total. The first-order valence-corrected chi connectivity index (χ1v) is 4.00. The van der Waals surface area contributed by atoms with Gasteiger partial charge in [-0.2, -0.15) is 5.26 Å². The van der Waals surface area contributed by atoms with Crippen LogP contribution in [0.1, 0.15) is 25.0 Å². The third-order valence-electron chi connectivity index (χ3n) is 1.98. The summed E-state index contributed by atoms with van der Waals surface area (Å²) >= 11 is 0. The van der Waals surface area contributed by atoms with Gasteiger partial charge < -0.3 is 0 Å². The Bertz CT molecular complexity index is 361. The van der Waals surface area contributed by atoms with E-state index in [0.717, 1.165) is 5.56 Å². The molecule has 2 heteroatoms. The number of rotatable bonds is 2. The van der Waals surface area contributed by atoms with Crippen LogP contribution in [0.3, 0.4) is 0 Å². The van der Waals surface area contributed by atoms with Crippen molar-refractivity contribution in [3.63, 3.8) is 0 Å². The molecule has 1 aromatic rings. The molecular weight excluding hydrogens is 162 g/mol. The second-order valence-electron chi connectivity index (χ2n) is 3.42. The minimum absolute atomic E-state index is 0.487. The monoisotopic (exact) mass is 172 g/mol. The van der Waals surface area contributed by atoms with Crippen molar-refractivity contribution >= 4 is 6.29 Å². The van der Waals surface area contributed by atoms with Crippen molar-refractivity contribution in [3.8, 4) is 6.07 Å². The molecular formula is C11H10NO. The Hall–Kier alpha value is -1.62. The summed E-state index contributed by atoms with van der Waals surface area (Å²) in [6, 6.07) is 9.14. The topological polar surface area (TPSA) is 40.9 Å². The predicted octanol–water partition coefficient (Wildman–Crippen LogP) is 1.95. The molecule has 65 valence electrons. The number of nitriles is 1. The van der Waals surface area contributed by atoms with Gasteiger partial charge in [0, 0.05) is 5.56 Å². The van der Waals surface area contributed by atoms with Gasteiger partial charge in [0.2, 0.25) is 6.29 Å². The molecule has 1 aromatic carbocycles. The Morgan fingerprint density at radius 3 is 2.62 bits per heavy atom. The first kappa shape index (κ1) is 9.47. The van der Waals surface area contributed by atoms with Crippen molar-refractivity contribution < 1.29 is 4.79 Å². The molecule has 0 saturated carbocycles. The molecule has 0 fully saturated rings. The SMILES string of the molecule is CC(C)(C#N)c1cccc([C]=O)c1. The summed E-state index contributed by atoms with van der Waals surface area (Å²) in [7, 11) is 0. The van der Waals surface area contributed by atoms with Crippen LogP contribution in [0.4, 0.5) is 0 Å². The quantitative estimate of drug-likeness (QED) is 0.684. The second kappa shape index (κ2) is 3.40. The smallest absolute Gasteiger partial charge is 0.233 e. The largest absolute Gasteiger partial charge is 0.285 e. The van der Waals surface area contributed by atoms with Gasteiger partial charge in [0.25, 0.3) is 0 Å². The summed E-state index contributed by atoms with van der Waals surface area (Å²) in [6.07, 6.45) is 1.80. The highest BCUT2D eigenvalue weighted by Gasteiger charge is 2.19. The van der Waals surface area contributed by atoms with E-state index in [2.05, 4.69) is 6.07 Å². The first-order valence-electron chi connectivity index (χ1n) is 4.00. The van der Waals surface area contributed by atoms with Gasteiger partial charge in [-0.05, 0) is 25.5 Å². The number of nitrogens with zero attached hydrogens (tertiary/aromatic N) is 1. The summed E-state index contributed by atoms with van der Waals surface area (Å²) in [5.74, 6) is 0. The maximum Gasteiger partial charge on any atom is 0.233 e. The van der Waals surface area contributed by atoms with Crippen LogP contribution in [0.25, 0.3) is 0 Å². The number of hydrogen-bond acceptors (Lipinski definition) is 2. The third-order valence-corrected chi connectivity index (χ3v) is 1.98. The van der Waals surface area contributed by atoms with E-state index in [9.17, 15) is 4.79 Å². The van der Waals surface area contributed by atoms with Gasteiger partial charge in [-0.1, -0.05) is 18.2 Å². The van der Waals surface area contributed by atoms with Crippen LogP contribution in [-0.4, -0.2) is 6.29 Å². The maximum absolute atomic E-state index is 10.4. The summed E-state index contributed by atoms with van der Waals surface area (Å²) in [5, 5.41) is 8.86. The molecule has 0 aromatic heterocycles. The van der Waals surface area contributed by atoms with E-state index in [1.165, 1.54) is 0 Å². The van der Waals surface area contributed by atoms with E-state index in [1.54, 1.807) is 24.5 Å². The molecule has 0 atom stereocenters. The molecule has 0 aliphatic rings. The molecule has 0 amide bonds. The van der Waals surface area contributed by atoms with E-state index in [1.807, 2.05) is 19.9 Å². The van der Waals surface area contributed by atoms with E-state index < -0.39 is 5.41 Å². The van der Waals surface area contributed by atoms with Crippen LogP contribution < -0.4 is 0 Å². The minimum atomic E-state index is -0.549. The Morgan fingerprint density at radius 2 is 2.08 bits per heavy atom. The number of hydrogen-bond donors (Lipinski definition) is 0. The molecule has 0 aliphatic heterocycles. The summed E-state index contributed by atoms with van der Waals surface area (Å²) < 4.78 is 0. The van der Waals surface area contributed by atoms with Crippen molar-refractivity contribution in [1.82, 2.24) is 0 Å². The standard InChI is InChI=1S/C11H10NO/c1-11(2,8-12)10-5-3-4-9(6-10)7-13/h3-6H,1-2H3. The molecule has 1 rings (SSSR count). The molecule has 0 unspecified atom stereocenters. The average Bonchev–Trinajstić information content (AvgIpc) is 2.18. The van der Waals surface area contributed by atoms with E-state index >= 15 is 0 Å². The lowest BCUT2D eigenvalue weighted by atomic mass is 9.86. The van der Waals surface area contributed by atoms with E-state index in [0.29, 0.717) is 5.56 Å². The van der Waals surface area contributed by atoms with Gasteiger partial charge in [0.1, 0.15) is 0 Å². The van der Waals surface area contributed by atoms with E-state index in [-0.39, 0.29) is 0 Å². The minimum Gasteiger partial charge on any atom is -0.285 e. The molecule has 0 N–H and O–H groups in total. The summed E-state index contributed by atoms with van der Waals surface area (Å²) in [6.45, 7) is 3.63. The van der Waals surface area contributed by atoms with Crippen LogP contribution in [0.5, 0.6) is 0 Å². The van der Waals surface area contributed by atoms with Gasteiger partial charge in [-0.15, -0.1) is 0 Å². The van der Waals surface area contributed by atoms with E-state index in [4.69, 9.17) is 5.26 Å². The van der Waals surface area contributed by atoms with Crippen LogP contribution in [0.2, 0.25) is 0 Å². The Morgan fingerprint density at radius 1 is 1.38 bits per heavy atom. The third kappa shape index (κ3) is 1.94. The Kier molecular flexibility index (Phi) is 2.48. The van der Waals surface area contributed by atoms with Gasteiger partial charge >= 0.3 is 0 Å². The summed E-state index contributed by atoms with van der Waals surface area (Å²) in [5.41, 5.74) is 0.782. The number of benzene rings is 1. The van der Waals surface area contributed by atoms with Gasteiger partial charge in [-0.25, -0.2) is 0 Å². The molecule has 0 aliphatic carbocycles. The molecule has 13 heavy (non-hydrogen) atoms. The highest BCUT2D eigenvalue weighted by Crippen LogP contribution is 2.22. The van der Waals surface area contributed by atoms with Gasteiger partial charge in [0.05, 0.1) is 11.5 Å². The predicted molar refractivity (Wildman–Crippen MR) is 49.9 cm³/mol. The van der Waals surface area contributed by atoms with Crippen molar-refractivity contribution in [2.45, 2.75) is 19.3 Å². The maximum atomic E-state index is 10.4.